The van der Waals surface area contributed by atoms with Crippen molar-refractivity contribution in [1.29, 1.82) is 0 Å². The second kappa shape index (κ2) is 7.78. The number of ether oxygens (including phenoxy) is 1. The Balaban J connectivity index is 1.51. The van der Waals surface area contributed by atoms with Gasteiger partial charge >= 0.3 is 0 Å². The molecule has 1 aliphatic heterocycles. The Morgan fingerprint density at radius 3 is 2.42 bits per heavy atom. The number of nitrogens with zero attached hydrogens (tertiary/aromatic N) is 3. The first-order chi connectivity index (χ1) is 12.5. The third-order valence-electron chi connectivity index (χ3n) is 5.09. The van der Waals surface area contributed by atoms with Gasteiger partial charge in [-0.15, -0.1) is 0 Å². The summed E-state index contributed by atoms with van der Waals surface area (Å²) in [5.41, 5.74) is 3.89. The molecule has 0 saturated carbocycles. The third-order valence-corrected chi connectivity index (χ3v) is 5.09. The summed E-state index contributed by atoms with van der Waals surface area (Å²) in [7, 11) is 3.57. The van der Waals surface area contributed by atoms with Gasteiger partial charge in [0.05, 0.1) is 50.4 Å². The molecule has 1 aromatic carbocycles. The summed E-state index contributed by atoms with van der Waals surface area (Å²) >= 11 is 0. The highest BCUT2D eigenvalue weighted by Gasteiger charge is 2.23. The Labute approximate surface area is 154 Å². The van der Waals surface area contributed by atoms with Crippen LogP contribution in [0.5, 0.6) is 5.75 Å². The highest BCUT2D eigenvalue weighted by Crippen LogP contribution is 2.19. The molecule has 0 bridgehead atoms. The monoisotopic (exact) mass is 358 g/mol. The molecule has 0 unspecified atom stereocenters. The lowest BCUT2D eigenvalue weighted by atomic mass is 10.2. The number of rotatable bonds is 5. The molecule has 1 aliphatic rings. The minimum absolute atomic E-state index is 0.0529. The number of hydrogen-bond acceptors (Lipinski definition) is 4. The van der Waals surface area contributed by atoms with E-state index in [0.29, 0.717) is 6.54 Å². The van der Waals surface area contributed by atoms with Crippen LogP contribution in [0.1, 0.15) is 11.4 Å². The maximum Gasteiger partial charge on any atom is 0.279 e. The van der Waals surface area contributed by atoms with Crippen LogP contribution in [0.3, 0.4) is 0 Å². The Bertz CT molecular complexity index is 761. The number of quaternary nitrogens is 1. The number of hydrogen-bond donors (Lipinski definition) is 2. The Morgan fingerprint density at radius 1 is 1.23 bits per heavy atom. The van der Waals surface area contributed by atoms with Gasteiger partial charge < -0.3 is 19.9 Å². The predicted octanol–water partition coefficient (Wildman–Crippen LogP) is 0.389. The molecule has 3 rings (SSSR count). The topological polar surface area (TPSA) is 63.8 Å². The van der Waals surface area contributed by atoms with Crippen molar-refractivity contribution in [1.82, 2.24) is 9.78 Å². The van der Waals surface area contributed by atoms with E-state index in [9.17, 15) is 4.79 Å². The third kappa shape index (κ3) is 3.99. The van der Waals surface area contributed by atoms with Crippen molar-refractivity contribution >= 4 is 17.3 Å². The van der Waals surface area contributed by atoms with E-state index < -0.39 is 0 Å². The van der Waals surface area contributed by atoms with Gasteiger partial charge in [0.25, 0.3) is 5.91 Å². The molecule has 0 radical (unpaired) electrons. The molecule has 0 atom stereocenters. The van der Waals surface area contributed by atoms with E-state index in [1.54, 1.807) is 11.8 Å². The number of carbonyl (C=O) groups excluding carboxylic acids is 1. The predicted molar refractivity (Wildman–Crippen MR) is 102 cm³/mol. The van der Waals surface area contributed by atoms with E-state index in [0.717, 1.165) is 49.0 Å². The molecule has 7 nitrogen and oxygen atoms in total. The number of carbonyl (C=O) groups is 1. The van der Waals surface area contributed by atoms with Crippen molar-refractivity contribution in [3.63, 3.8) is 0 Å². The van der Waals surface area contributed by atoms with Crippen LogP contribution in [0.2, 0.25) is 0 Å². The van der Waals surface area contributed by atoms with Crippen LogP contribution in [0.15, 0.2) is 24.3 Å². The molecule has 140 valence electrons. The second-order valence-corrected chi connectivity index (χ2v) is 6.83. The molecule has 1 saturated heterocycles. The quantitative estimate of drug-likeness (QED) is 0.812. The van der Waals surface area contributed by atoms with Gasteiger partial charge in [-0.2, -0.15) is 5.10 Å². The second-order valence-electron chi connectivity index (χ2n) is 6.83. The van der Waals surface area contributed by atoms with Crippen molar-refractivity contribution in [3.05, 3.63) is 35.7 Å². The van der Waals surface area contributed by atoms with E-state index in [2.05, 4.69) is 27.4 Å². The van der Waals surface area contributed by atoms with E-state index in [4.69, 9.17) is 4.74 Å². The number of aromatic nitrogens is 2. The molecule has 0 spiro atoms. The molecule has 2 aromatic rings. The minimum Gasteiger partial charge on any atom is -0.497 e. The van der Waals surface area contributed by atoms with E-state index in [1.807, 2.05) is 33.0 Å². The van der Waals surface area contributed by atoms with Gasteiger partial charge in [0.1, 0.15) is 5.75 Å². The Morgan fingerprint density at radius 2 is 1.88 bits per heavy atom. The number of benzene rings is 1. The number of piperazine rings is 1. The van der Waals surface area contributed by atoms with Gasteiger partial charge in [0.2, 0.25) is 0 Å². The molecule has 2 N–H and O–H groups in total. The SMILES string of the molecule is COc1ccc(N2CC[NH+](CC(=O)Nc3c(C)nn(C)c3C)CC2)cc1. The van der Waals surface area contributed by atoms with E-state index in [1.165, 1.54) is 10.6 Å². The molecular formula is C19H28N5O2+. The van der Waals surface area contributed by atoms with Crippen LogP contribution in [0.25, 0.3) is 0 Å². The van der Waals surface area contributed by atoms with Gasteiger partial charge in [-0.25, -0.2) is 0 Å². The summed E-state index contributed by atoms with van der Waals surface area (Å²) < 4.78 is 7.01. The molecule has 1 aromatic heterocycles. The summed E-state index contributed by atoms with van der Waals surface area (Å²) in [5, 5.41) is 7.38. The standard InChI is InChI=1S/C19H27N5O2/c1-14-19(15(2)22(3)21-14)20-18(25)13-23-9-11-24(12-10-23)16-5-7-17(26-4)8-6-16/h5-8H,9-13H2,1-4H3,(H,20,25)/p+1. The van der Waals surface area contributed by atoms with Crippen molar-refractivity contribution in [2.45, 2.75) is 13.8 Å². The molecule has 1 fully saturated rings. The van der Waals surface area contributed by atoms with E-state index in [-0.39, 0.29) is 5.91 Å². The van der Waals surface area contributed by atoms with Gasteiger partial charge in [-0.05, 0) is 38.1 Å². The largest absolute Gasteiger partial charge is 0.497 e. The Hall–Kier alpha value is -2.54. The van der Waals surface area contributed by atoms with Gasteiger partial charge in [0.15, 0.2) is 6.54 Å². The zero-order valence-electron chi connectivity index (χ0n) is 16.0. The number of anilines is 2. The van der Waals surface area contributed by atoms with E-state index >= 15 is 0 Å². The summed E-state index contributed by atoms with van der Waals surface area (Å²) in [6, 6.07) is 8.15. The van der Waals surface area contributed by atoms with Crippen LogP contribution in [-0.2, 0) is 11.8 Å². The average Bonchev–Trinajstić information content (AvgIpc) is 2.88. The number of aryl methyl sites for hydroxylation is 2. The molecule has 0 aliphatic carbocycles. The number of nitrogens with one attached hydrogen (secondary N) is 2. The van der Waals surface area contributed by atoms with Crippen LogP contribution < -0.4 is 19.9 Å². The first kappa shape index (κ1) is 18.3. The summed E-state index contributed by atoms with van der Waals surface area (Å²) in [5.74, 6) is 0.924. The fraction of sp³-hybridized carbons (Fsp3) is 0.474. The van der Waals surface area contributed by atoms with Gasteiger partial charge in [-0.1, -0.05) is 0 Å². The lowest BCUT2D eigenvalue weighted by Crippen LogP contribution is -3.15. The van der Waals surface area contributed by atoms with Crippen molar-refractivity contribution in [2.24, 2.45) is 7.05 Å². The zero-order chi connectivity index (χ0) is 18.7. The van der Waals surface area contributed by atoms with Crippen molar-refractivity contribution in [2.75, 3.05) is 50.1 Å². The zero-order valence-corrected chi connectivity index (χ0v) is 16.0. The maximum absolute atomic E-state index is 12.4. The fourth-order valence-corrected chi connectivity index (χ4v) is 3.42. The van der Waals surface area contributed by atoms with Crippen LogP contribution in [0, 0.1) is 13.8 Å². The fourth-order valence-electron chi connectivity index (χ4n) is 3.42. The highest BCUT2D eigenvalue weighted by atomic mass is 16.5. The normalized spacial score (nSPS) is 15.2. The van der Waals surface area contributed by atoms with Crippen LogP contribution in [0.4, 0.5) is 11.4 Å². The first-order valence-electron chi connectivity index (χ1n) is 9.00. The smallest absolute Gasteiger partial charge is 0.279 e. The lowest BCUT2D eigenvalue weighted by molar-refractivity contribution is -0.892. The van der Waals surface area contributed by atoms with Crippen LogP contribution >= 0.6 is 0 Å². The summed E-state index contributed by atoms with van der Waals surface area (Å²) in [6.07, 6.45) is 0. The molecule has 1 amide bonds. The van der Waals surface area contributed by atoms with Crippen molar-refractivity contribution < 1.29 is 14.4 Å². The molecular weight excluding hydrogens is 330 g/mol. The van der Waals surface area contributed by atoms with Gasteiger partial charge in [-0.3, -0.25) is 9.48 Å². The minimum atomic E-state index is 0.0529. The van der Waals surface area contributed by atoms with Crippen molar-refractivity contribution in [3.8, 4) is 5.75 Å². The summed E-state index contributed by atoms with van der Waals surface area (Å²) in [6.45, 7) is 8.16. The molecule has 26 heavy (non-hydrogen) atoms. The molecule has 7 heteroatoms. The lowest BCUT2D eigenvalue weighted by Gasteiger charge is -2.33. The van der Waals surface area contributed by atoms with Crippen LogP contribution in [-0.4, -0.2) is 55.5 Å². The Kier molecular flexibility index (Phi) is 5.46. The number of methoxy groups -OCH3 is 1. The molecule has 2 heterocycles. The summed E-state index contributed by atoms with van der Waals surface area (Å²) in [4.78, 5) is 16.1. The first-order valence-corrected chi connectivity index (χ1v) is 9.00. The van der Waals surface area contributed by atoms with Gasteiger partial charge in [0, 0.05) is 12.7 Å². The number of amides is 1. The highest BCUT2D eigenvalue weighted by molar-refractivity contribution is 5.92. The maximum atomic E-state index is 12.4. The average molecular weight is 358 g/mol.